The molecule has 4 fully saturated rings. The van der Waals surface area contributed by atoms with E-state index < -0.39 is 23.4 Å². The Hall–Kier alpha value is -3.70. The summed E-state index contributed by atoms with van der Waals surface area (Å²) in [4.78, 5) is 62.8. The van der Waals surface area contributed by atoms with Crippen molar-refractivity contribution in [2.45, 2.75) is 89.8 Å². The molecule has 0 unspecified atom stereocenters. The number of aryl methyl sites for hydroxylation is 2. The van der Waals surface area contributed by atoms with E-state index in [9.17, 15) is 19.2 Å². The third-order valence-corrected chi connectivity index (χ3v) is 11.9. The first-order chi connectivity index (χ1) is 22.0. The number of carbonyl (C=O) groups excluding carboxylic acids is 4. The molecule has 2 aromatic heterocycles. The summed E-state index contributed by atoms with van der Waals surface area (Å²) in [5.74, 6) is -0.360. The smallest absolute Gasteiger partial charge is 0.322 e. The number of urea groups is 1. The van der Waals surface area contributed by atoms with Crippen LogP contribution in [0.15, 0.2) is 24.3 Å². The fourth-order valence-electron chi connectivity index (χ4n) is 8.08. The predicted molar refractivity (Wildman–Crippen MR) is 179 cm³/mol. The fourth-order valence-corrected chi connectivity index (χ4v) is 9.26. The van der Waals surface area contributed by atoms with Crippen LogP contribution in [0.3, 0.4) is 0 Å². The Bertz CT molecular complexity index is 1660. The molecule has 0 spiro atoms. The lowest BCUT2D eigenvalue weighted by Gasteiger charge is -2.37. The van der Waals surface area contributed by atoms with E-state index in [0.717, 1.165) is 67.1 Å². The predicted octanol–water partition coefficient (Wildman–Crippen LogP) is 4.23. The molecule has 46 heavy (non-hydrogen) atoms. The van der Waals surface area contributed by atoms with Crippen LogP contribution in [0.4, 0.5) is 4.79 Å². The normalized spacial score (nSPS) is 23.7. The van der Waals surface area contributed by atoms with E-state index in [-0.39, 0.29) is 18.2 Å². The van der Waals surface area contributed by atoms with Crippen molar-refractivity contribution in [3.63, 3.8) is 0 Å². The average Bonchev–Trinajstić information content (AvgIpc) is 3.79. The number of aromatic amines is 1. The first-order valence-electron chi connectivity index (χ1n) is 16.7. The van der Waals surface area contributed by atoms with Gasteiger partial charge in [0.1, 0.15) is 10.9 Å². The lowest BCUT2D eigenvalue weighted by atomic mass is 9.88. The van der Waals surface area contributed by atoms with Crippen LogP contribution in [0.1, 0.15) is 67.5 Å². The molecule has 6 heterocycles. The number of benzene rings is 1. The Kier molecular flexibility index (Phi) is 7.95. The zero-order chi connectivity index (χ0) is 32.3. The van der Waals surface area contributed by atoms with Gasteiger partial charge in [-0.2, -0.15) is 0 Å². The minimum Gasteiger partial charge on any atom is -0.346 e. The van der Waals surface area contributed by atoms with Crippen molar-refractivity contribution in [1.82, 2.24) is 30.3 Å². The van der Waals surface area contributed by atoms with Gasteiger partial charge >= 0.3 is 6.03 Å². The first-order valence-corrected chi connectivity index (χ1v) is 17.5. The zero-order valence-electron chi connectivity index (χ0n) is 27.2. The monoisotopic (exact) mass is 644 g/mol. The highest BCUT2D eigenvalue weighted by Crippen LogP contribution is 2.44. The number of carbonyl (C=O) groups is 4. The van der Waals surface area contributed by atoms with Crippen molar-refractivity contribution in [1.29, 1.82) is 0 Å². The summed E-state index contributed by atoms with van der Waals surface area (Å²) in [6, 6.07) is 8.33. The Labute approximate surface area is 273 Å². The van der Waals surface area contributed by atoms with Crippen LogP contribution < -0.4 is 10.6 Å². The van der Waals surface area contributed by atoms with E-state index in [1.807, 2.05) is 0 Å². The molecule has 7 rings (SSSR count). The number of nitrogens with one attached hydrogen (secondary N) is 3. The summed E-state index contributed by atoms with van der Waals surface area (Å²) in [7, 11) is 0. The van der Waals surface area contributed by atoms with Gasteiger partial charge in [-0.25, -0.2) is 4.79 Å². The van der Waals surface area contributed by atoms with Crippen LogP contribution >= 0.6 is 11.3 Å². The third-order valence-electron chi connectivity index (χ3n) is 10.6. The van der Waals surface area contributed by atoms with Gasteiger partial charge in [-0.05, 0) is 89.1 Å². The molecular formula is C35H44N6O4S. The molecule has 4 aliphatic heterocycles. The van der Waals surface area contributed by atoms with E-state index in [1.165, 1.54) is 27.6 Å². The molecule has 0 aliphatic carbocycles. The Morgan fingerprint density at radius 3 is 2.22 bits per heavy atom. The molecule has 11 heteroatoms. The van der Waals surface area contributed by atoms with E-state index in [4.69, 9.17) is 0 Å². The van der Waals surface area contributed by atoms with Crippen LogP contribution in [-0.2, 0) is 26.2 Å². The number of thiophene rings is 1. The number of nitrogens with zero attached hydrogens (tertiary/aromatic N) is 3. The Morgan fingerprint density at radius 1 is 0.935 bits per heavy atom. The highest BCUT2D eigenvalue weighted by atomic mass is 32.1. The maximum atomic E-state index is 14.0. The van der Waals surface area contributed by atoms with Gasteiger partial charge in [0.2, 0.25) is 17.7 Å². The number of imide groups is 1. The van der Waals surface area contributed by atoms with Gasteiger partial charge in [0.25, 0.3) is 0 Å². The summed E-state index contributed by atoms with van der Waals surface area (Å²) in [6.07, 6.45) is 5.35. The highest BCUT2D eigenvalue weighted by Gasteiger charge is 2.47. The number of hydrogen-bond acceptors (Lipinski definition) is 6. The molecule has 3 N–H and O–H groups in total. The van der Waals surface area contributed by atoms with Crippen LogP contribution in [0.25, 0.3) is 21.5 Å². The second kappa shape index (κ2) is 11.8. The minimum absolute atomic E-state index is 0.0281. The van der Waals surface area contributed by atoms with E-state index >= 15 is 0 Å². The maximum Gasteiger partial charge on any atom is 0.322 e. The summed E-state index contributed by atoms with van der Waals surface area (Å²) in [6.45, 7) is 11.8. The lowest BCUT2D eigenvalue weighted by Crippen LogP contribution is -2.60. The van der Waals surface area contributed by atoms with Crippen LogP contribution in [0.2, 0.25) is 0 Å². The number of piperazine rings is 1. The molecule has 0 radical (unpaired) electrons. The lowest BCUT2D eigenvalue weighted by molar-refractivity contribution is -0.138. The number of amides is 5. The van der Waals surface area contributed by atoms with Gasteiger partial charge in [-0.3, -0.25) is 24.6 Å². The topological polar surface area (TPSA) is 118 Å². The standard InChI is InChI=1S/C35H44N6O4S/c1-20-15-21(2)17-22(16-20)30-25(9-10-39-11-13-40(14-12-39)32(43)27-19-29(42)37-34(45)36-27)26-18-28(46-31(26)38-30)35(3,4)33(44)41-23-5-6-24(41)8-7-23/h15-18,23-24,27,38H,5-14,19H2,1-4H3,(H2,36,37,42,45)/t23?,24?,27-/m0/s1. The van der Waals surface area contributed by atoms with Gasteiger partial charge in [-0.1, -0.05) is 17.2 Å². The fraction of sp³-hybridized carbons (Fsp3) is 0.543. The van der Waals surface area contributed by atoms with Gasteiger partial charge in [-0.15, -0.1) is 11.3 Å². The SMILES string of the molecule is Cc1cc(C)cc(-c2[nH]c3sc(C(C)(C)C(=O)N4C5CCC4CC5)cc3c2CCN2CCN(C(=O)[C@@H]3CC(=O)NC(=O)N3)CC2)c1. The molecule has 0 saturated carbocycles. The Balaban J connectivity index is 1.10. The summed E-state index contributed by atoms with van der Waals surface area (Å²) >= 11 is 1.71. The summed E-state index contributed by atoms with van der Waals surface area (Å²) < 4.78 is 0. The summed E-state index contributed by atoms with van der Waals surface area (Å²) in [5.41, 5.74) is 5.44. The van der Waals surface area contributed by atoms with Crippen molar-refractivity contribution < 1.29 is 19.2 Å². The highest BCUT2D eigenvalue weighted by molar-refractivity contribution is 7.19. The molecule has 2 bridgehead atoms. The van der Waals surface area contributed by atoms with Crippen molar-refractivity contribution in [3.8, 4) is 11.3 Å². The summed E-state index contributed by atoms with van der Waals surface area (Å²) in [5, 5.41) is 5.96. The Morgan fingerprint density at radius 2 is 1.59 bits per heavy atom. The molecule has 3 aromatic rings. The van der Waals surface area contributed by atoms with Gasteiger partial charge < -0.3 is 20.1 Å². The zero-order valence-corrected chi connectivity index (χ0v) is 28.0. The van der Waals surface area contributed by atoms with Crippen molar-refractivity contribution in [2.75, 3.05) is 32.7 Å². The minimum atomic E-state index is -0.800. The van der Waals surface area contributed by atoms with E-state index in [0.29, 0.717) is 25.2 Å². The van der Waals surface area contributed by atoms with Crippen LogP contribution in [0.5, 0.6) is 0 Å². The maximum absolute atomic E-state index is 14.0. The molecule has 4 aliphatic rings. The van der Waals surface area contributed by atoms with E-state index in [2.05, 4.69) is 77.4 Å². The number of H-pyrrole nitrogens is 1. The second-order valence-electron chi connectivity index (χ2n) is 14.2. The molecule has 4 saturated heterocycles. The third kappa shape index (κ3) is 5.61. The number of hydrogen-bond donors (Lipinski definition) is 3. The van der Waals surface area contributed by atoms with Gasteiger partial charge in [0.15, 0.2) is 0 Å². The number of rotatable bonds is 7. The van der Waals surface area contributed by atoms with Crippen molar-refractivity contribution >= 4 is 45.3 Å². The molecule has 5 amide bonds. The van der Waals surface area contributed by atoms with Crippen LogP contribution in [0, 0.1) is 13.8 Å². The number of fused-ring (bicyclic) bond motifs is 3. The molecule has 10 nitrogen and oxygen atoms in total. The molecule has 1 atom stereocenters. The first kappa shape index (κ1) is 30.9. The second-order valence-corrected chi connectivity index (χ2v) is 15.3. The van der Waals surface area contributed by atoms with E-state index in [1.54, 1.807) is 16.2 Å². The molecule has 244 valence electrons. The van der Waals surface area contributed by atoms with Gasteiger partial charge in [0, 0.05) is 55.1 Å². The molecule has 1 aromatic carbocycles. The van der Waals surface area contributed by atoms with Crippen LogP contribution in [-0.4, -0.2) is 94.3 Å². The molecular weight excluding hydrogens is 600 g/mol. The average molecular weight is 645 g/mol. The van der Waals surface area contributed by atoms with Crippen molar-refractivity contribution in [3.05, 3.63) is 45.8 Å². The van der Waals surface area contributed by atoms with Gasteiger partial charge in [0.05, 0.1) is 17.5 Å². The quantitative estimate of drug-likeness (QED) is 0.356. The van der Waals surface area contributed by atoms with Crippen molar-refractivity contribution in [2.24, 2.45) is 0 Å². The number of aromatic nitrogens is 1. The largest absolute Gasteiger partial charge is 0.346 e.